The number of hydrogen-bond donors (Lipinski definition) is 2. The number of amides is 1. The largest absolute Gasteiger partial charge is 0.497 e. The van der Waals surface area contributed by atoms with Crippen LogP contribution in [0.3, 0.4) is 0 Å². The number of carbonyl (C=O) groups is 1. The van der Waals surface area contributed by atoms with Gasteiger partial charge in [0.1, 0.15) is 11.5 Å². The zero-order valence-corrected chi connectivity index (χ0v) is 17.1. The van der Waals surface area contributed by atoms with Gasteiger partial charge in [0.05, 0.1) is 38.5 Å². The van der Waals surface area contributed by atoms with Gasteiger partial charge in [-0.15, -0.1) is 0 Å². The molecule has 0 radical (unpaired) electrons. The maximum absolute atomic E-state index is 12.3. The Morgan fingerprint density at radius 3 is 2.59 bits per heavy atom. The molecular formula is C21H23N3O4S. The Morgan fingerprint density at radius 1 is 1.14 bits per heavy atom. The number of thioether (sulfide) groups is 1. The summed E-state index contributed by atoms with van der Waals surface area (Å²) >= 11 is 1.32. The average molecular weight is 413 g/mol. The van der Waals surface area contributed by atoms with Crippen molar-refractivity contribution in [1.29, 1.82) is 0 Å². The number of carbonyl (C=O) groups excluding carboxylic acids is 1. The molecule has 1 heterocycles. The SMILES string of the molecule is COc1ccc(Cn2c(CO)cnc2SCC(=O)Nc2cccc(OC)c2)cc1. The maximum atomic E-state index is 12.3. The molecule has 2 aromatic carbocycles. The van der Waals surface area contributed by atoms with Gasteiger partial charge in [-0.2, -0.15) is 0 Å². The minimum atomic E-state index is -0.146. The molecule has 0 fully saturated rings. The normalized spacial score (nSPS) is 10.6. The first-order valence-electron chi connectivity index (χ1n) is 8.98. The highest BCUT2D eigenvalue weighted by Crippen LogP contribution is 2.22. The summed E-state index contributed by atoms with van der Waals surface area (Å²) in [5.41, 5.74) is 2.41. The Kier molecular flexibility index (Phi) is 7.15. The van der Waals surface area contributed by atoms with Gasteiger partial charge in [-0.1, -0.05) is 30.0 Å². The zero-order chi connectivity index (χ0) is 20.6. The molecule has 0 aliphatic carbocycles. The van der Waals surface area contributed by atoms with E-state index < -0.39 is 0 Å². The molecule has 0 spiro atoms. The third kappa shape index (κ3) is 5.52. The summed E-state index contributed by atoms with van der Waals surface area (Å²) < 4.78 is 12.3. The second-order valence-corrected chi connectivity index (χ2v) is 7.14. The zero-order valence-electron chi connectivity index (χ0n) is 16.3. The fourth-order valence-corrected chi connectivity index (χ4v) is 3.54. The molecule has 0 unspecified atom stereocenters. The van der Waals surface area contributed by atoms with Gasteiger partial charge < -0.3 is 24.5 Å². The molecule has 0 aliphatic heterocycles. The van der Waals surface area contributed by atoms with Gasteiger partial charge in [0.25, 0.3) is 0 Å². The molecule has 0 atom stereocenters. The molecule has 0 bridgehead atoms. The van der Waals surface area contributed by atoms with Crippen LogP contribution in [0.2, 0.25) is 0 Å². The number of ether oxygens (including phenoxy) is 2. The van der Waals surface area contributed by atoms with E-state index in [0.29, 0.717) is 28.8 Å². The number of benzene rings is 2. The minimum absolute atomic E-state index is 0.125. The van der Waals surface area contributed by atoms with Crippen molar-refractivity contribution >= 4 is 23.4 Å². The van der Waals surface area contributed by atoms with Crippen LogP contribution in [-0.2, 0) is 17.9 Å². The van der Waals surface area contributed by atoms with Crippen LogP contribution >= 0.6 is 11.8 Å². The van der Waals surface area contributed by atoms with E-state index in [1.165, 1.54) is 11.8 Å². The number of anilines is 1. The summed E-state index contributed by atoms with van der Waals surface area (Å²) in [6, 6.07) is 14.9. The number of imidazole rings is 1. The van der Waals surface area contributed by atoms with E-state index >= 15 is 0 Å². The van der Waals surface area contributed by atoms with Gasteiger partial charge in [0.15, 0.2) is 5.16 Å². The van der Waals surface area contributed by atoms with Gasteiger partial charge in [-0.3, -0.25) is 4.79 Å². The third-order valence-corrected chi connectivity index (χ3v) is 5.24. The van der Waals surface area contributed by atoms with Crippen molar-refractivity contribution in [2.45, 2.75) is 18.3 Å². The molecule has 3 aromatic rings. The van der Waals surface area contributed by atoms with Crippen molar-refractivity contribution in [1.82, 2.24) is 9.55 Å². The number of nitrogens with zero attached hydrogens (tertiary/aromatic N) is 2. The van der Waals surface area contributed by atoms with E-state index in [2.05, 4.69) is 10.3 Å². The highest BCUT2D eigenvalue weighted by molar-refractivity contribution is 7.99. The molecule has 0 saturated carbocycles. The van der Waals surface area contributed by atoms with Gasteiger partial charge in [0, 0.05) is 18.3 Å². The first-order chi connectivity index (χ1) is 14.1. The van der Waals surface area contributed by atoms with E-state index in [9.17, 15) is 9.90 Å². The Bertz CT molecular complexity index is 957. The number of aliphatic hydroxyl groups excluding tert-OH is 1. The van der Waals surface area contributed by atoms with Crippen LogP contribution in [0.25, 0.3) is 0 Å². The highest BCUT2D eigenvalue weighted by Gasteiger charge is 2.13. The third-order valence-electron chi connectivity index (χ3n) is 4.25. The summed E-state index contributed by atoms with van der Waals surface area (Å²) in [7, 11) is 3.21. The van der Waals surface area contributed by atoms with Crippen LogP contribution in [0.4, 0.5) is 5.69 Å². The summed E-state index contributed by atoms with van der Waals surface area (Å²) in [5, 5.41) is 13.2. The number of hydrogen-bond acceptors (Lipinski definition) is 6. The molecule has 8 heteroatoms. The van der Waals surface area contributed by atoms with Crippen molar-refractivity contribution in [2.24, 2.45) is 0 Å². The molecule has 1 amide bonds. The number of aromatic nitrogens is 2. The molecule has 0 saturated heterocycles. The number of nitrogens with one attached hydrogen (secondary N) is 1. The summed E-state index contributed by atoms with van der Waals surface area (Å²) in [6.45, 7) is 0.416. The minimum Gasteiger partial charge on any atom is -0.497 e. The van der Waals surface area contributed by atoms with E-state index in [1.807, 2.05) is 41.0 Å². The van der Waals surface area contributed by atoms with Gasteiger partial charge in [-0.25, -0.2) is 4.98 Å². The van der Waals surface area contributed by atoms with E-state index in [1.54, 1.807) is 32.5 Å². The van der Waals surface area contributed by atoms with Crippen LogP contribution in [0, 0.1) is 0 Å². The number of methoxy groups -OCH3 is 2. The second kappa shape index (κ2) is 9.99. The van der Waals surface area contributed by atoms with Crippen LogP contribution in [0.15, 0.2) is 59.9 Å². The topological polar surface area (TPSA) is 85.6 Å². The Hall–Kier alpha value is -2.97. The average Bonchev–Trinajstić information content (AvgIpc) is 3.14. The summed E-state index contributed by atoms with van der Waals surface area (Å²) in [5.74, 6) is 1.51. The quantitative estimate of drug-likeness (QED) is 0.524. The summed E-state index contributed by atoms with van der Waals surface area (Å²) in [4.78, 5) is 16.7. The molecular weight excluding hydrogens is 390 g/mol. The predicted octanol–water partition coefficient (Wildman–Crippen LogP) is 3.17. The molecule has 29 heavy (non-hydrogen) atoms. The molecule has 152 valence electrons. The smallest absolute Gasteiger partial charge is 0.234 e. The fourth-order valence-electron chi connectivity index (χ4n) is 2.74. The standard InChI is InChI=1S/C21H23N3O4S/c1-27-18-8-6-15(7-9-18)12-24-17(13-25)11-22-21(24)29-14-20(26)23-16-4-3-5-19(10-16)28-2/h3-11,25H,12-14H2,1-2H3,(H,23,26). The number of rotatable bonds is 9. The lowest BCUT2D eigenvalue weighted by atomic mass is 10.2. The molecule has 1 aromatic heterocycles. The van der Waals surface area contributed by atoms with Crippen molar-refractivity contribution in [3.05, 3.63) is 66.0 Å². The highest BCUT2D eigenvalue weighted by atomic mass is 32.2. The second-order valence-electron chi connectivity index (χ2n) is 6.19. The number of aliphatic hydroxyl groups is 1. The lowest BCUT2D eigenvalue weighted by Crippen LogP contribution is -2.15. The van der Waals surface area contributed by atoms with Gasteiger partial charge in [-0.05, 0) is 29.8 Å². The summed E-state index contributed by atoms with van der Waals surface area (Å²) in [6.07, 6.45) is 1.63. The monoisotopic (exact) mass is 413 g/mol. The molecule has 2 N–H and O–H groups in total. The van der Waals surface area contributed by atoms with Crippen LogP contribution in [-0.4, -0.2) is 40.5 Å². The Balaban J connectivity index is 1.65. The van der Waals surface area contributed by atoms with Gasteiger partial charge in [0.2, 0.25) is 5.91 Å². The lowest BCUT2D eigenvalue weighted by molar-refractivity contribution is -0.113. The molecule has 3 rings (SSSR count). The van der Waals surface area contributed by atoms with Crippen molar-refractivity contribution in [2.75, 3.05) is 25.3 Å². The fraction of sp³-hybridized carbons (Fsp3) is 0.238. The van der Waals surface area contributed by atoms with Crippen LogP contribution in [0.5, 0.6) is 11.5 Å². The lowest BCUT2D eigenvalue weighted by Gasteiger charge is -2.11. The van der Waals surface area contributed by atoms with E-state index in [0.717, 1.165) is 11.3 Å². The van der Waals surface area contributed by atoms with Crippen LogP contribution < -0.4 is 14.8 Å². The van der Waals surface area contributed by atoms with Crippen molar-refractivity contribution in [3.8, 4) is 11.5 Å². The maximum Gasteiger partial charge on any atom is 0.234 e. The first kappa shape index (κ1) is 20.8. The first-order valence-corrected chi connectivity index (χ1v) is 9.96. The van der Waals surface area contributed by atoms with Crippen molar-refractivity contribution in [3.63, 3.8) is 0 Å². The predicted molar refractivity (Wildman–Crippen MR) is 113 cm³/mol. The Morgan fingerprint density at radius 2 is 1.90 bits per heavy atom. The van der Waals surface area contributed by atoms with E-state index in [4.69, 9.17) is 9.47 Å². The molecule has 0 aliphatic rings. The molecule has 7 nitrogen and oxygen atoms in total. The Labute approximate surface area is 173 Å². The van der Waals surface area contributed by atoms with Crippen molar-refractivity contribution < 1.29 is 19.4 Å². The van der Waals surface area contributed by atoms with Crippen LogP contribution in [0.1, 0.15) is 11.3 Å². The van der Waals surface area contributed by atoms with E-state index in [-0.39, 0.29) is 18.3 Å². The van der Waals surface area contributed by atoms with Gasteiger partial charge >= 0.3 is 0 Å².